The average molecular weight is 265 g/mol. The molecule has 0 aliphatic heterocycles. The fraction of sp³-hybridized carbons (Fsp3) is 0.800. The average Bonchev–Trinajstić information content (AvgIpc) is 2.83. The topological polar surface area (TPSA) is 39.1 Å². The van der Waals surface area contributed by atoms with Crippen molar-refractivity contribution in [3.8, 4) is 0 Å². The van der Waals surface area contributed by atoms with E-state index >= 15 is 0 Å². The zero-order chi connectivity index (χ0) is 13.7. The van der Waals surface area contributed by atoms with Gasteiger partial charge in [-0.3, -0.25) is 4.68 Å². The van der Waals surface area contributed by atoms with E-state index in [9.17, 15) is 0 Å². The van der Waals surface area contributed by atoms with Crippen molar-refractivity contribution in [2.24, 2.45) is 7.05 Å². The summed E-state index contributed by atoms with van der Waals surface area (Å²) in [6, 6.07) is 2.35. The molecule has 0 radical (unpaired) electrons. The smallest absolute Gasteiger partial charge is 0.0891 e. The van der Waals surface area contributed by atoms with Crippen LogP contribution >= 0.6 is 0 Å². The first-order chi connectivity index (χ1) is 9.23. The van der Waals surface area contributed by atoms with E-state index in [0.717, 1.165) is 26.0 Å². The molecule has 1 heterocycles. The molecule has 1 unspecified atom stereocenters. The number of hydrogen-bond donors (Lipinski definition) is 1. The van der Waals surface area contributed by atoms with Gasteiger partial charge in [0.15, 0.2) is 0 Å². The molecule has 4 heteroatoms. The molecular weight excluding hydrogens is 238 g/mol. The van der Waals surface area contributed by atoms with E-state index in [2.05, 4.69) is 30.3 Å². The Kier molecular flexibility index (Phi) is 4.99. The molecule has 1 atom stereocenters. The number of hydrogen-bond acceptors (Lipinski definition) is 3. The summed E-state index contributed by atoms with van der Waals surface area (Å²) in [7, 11) is 2.02. The summed E-state index contributed by atoms with van der Waals surface area (Å²) in [6.45, 7) is 5.98. The summed E-state index contributed by atoms with van der Waals surface area (Å²) in [5.74, 6) is 0. The fourth-order valence-corrected chi connectivity index (χ4v) is 3.39. The van der Waals surface area contributed by atoms with Crippen LogP contribution in [0.2, 0.25) is 0 Å². The van der Waals surface area contributed by atoms with Gasteiger partial charge in [-0.2, -0.15) is 5.10 Å². The van der Waals surface area contributed by atoms with Gasteiger partial charge in [-0.15, -0.1) is 0 Å². The lowest BCUT2D eigenvalue weighted by atomic mass is 9.77. The van der Waals surface area contributed by atoms with Gasteiger partial charge in [0.25, 0.3) is 0 Å². The quantitative estimate of drug-likeness (QED) is 0.859. The third kappa shape index (κ3) is 3.00. The van der Waals surface area contributed by atoms with Crippen LogP contribution in [-0.2, 0) is 11.8 Å². The maximum absolute atomic E-state index is 6.26. The van der Waals surface area contributed by atoms with Crippen LogP contribution in [0.5, 0.6) is 0 Å². The van der Waals surface area contributed by atoms with Gasteiger partial charge >= 0.3 is 0 Å². The first-order valence-electron chi connectivity index (χ1n) is 7.58. The summed E-state index contributed by atoms with van der Waals surface area (Å²) in [5, 5.41) is 7.96. The maximum atomic E-state index is 6.26. The molecule has 19 heavy (non-hydrogen) atoms. The predicted molar refractivity (Wildman–Crippen MR) is 77.1 cm³/mol. The van der Waals surface area contributed by atoms with E-state index in [-0.39, 0.29) is 11.6 Å². The van der Waals surface area contributed by atoms with Gasteiger partial charge in [-0.05, 0) is 32.4 Å². The second-order valence-electron chi connectivity index (χ2n) is 5.43. The van der Waals surface area contributed by atoms with E-state index in [1.54, 1.807) is 0 Å². The predicted octanol–water partition coefficient (Wildman–Crippen LogP) is 2.81. The number of likely N-dealkylation sites (N-methyl/N-ethyl adjacent to an activating group) is 1. The van der Waals surface area contributed by atoms with Crippen molar-refractivity contribution in [3.05, 3.63) is 18.0 Å². The maximum Gasteiger partial charge on any atom is 0.0891 e. The van der Waals surface area contributed by atoms with Gasteiger partial charge in [-0.25, -0.2) is 0 Å². The molecule has 0 bridgehead atoms. The van der Waals surface area contributed by atoms with Gasteiger partial charge < -0.3 is 10.1 Å². The van der Waals surface area contributed by atoms with Crippen molar-refractivity contribution >= 4 is 0 Å². The van der Waals surface area contributed by atoms with Gasteiger partial charge in [0, 0.05) is 19.9 Å². The van der Waals surface area contributed by atoms with Crippen molar-refractivity contribution in [2.75, 3.05) is 13.2 Å². The minimum atomic E-state index is -0.0587. The van der Waals surface area contributed by atoms with Gasteiger partial charge in [-0.1, -0.05) is 26.2 Å². The molecule has 1 fully saturated rings. The Labute approximate surface area is 116 Å². The summed E-state index contributed by atoms with van der Waals surface area (Å²) in [4.78, 5) is 0. The van der Waals surface area contributed by atoms with E-state index in [1.807, 2.05) is 17.9 Å². The highest BCUT2D eigenvalue weighted by atomic mass is 16.5. The van der Waals surface area contributed by atoms with E-state index in [0.29, 0.717) is 0 Å². The van der Waals surface area contributed by atoms with E-state index in [1.165, 1.54) is 25.0 Å². The van der Waals surface area contributed by atoms with Crippen LogP contribution in [0.1, 0.15) is 57.7 Å². The summed E-state index contributed by atoms with van der Waals surface area (Å²) < 4.78 is 8.24. The van der Waals surface area contributed by atoms with Crippen molar-refractivity contribution < 1.29 is 4.74 Å². The van der Waals surface area contributed by atoms with Crippen molar-refractivity contribution in [1.29, 1.82) is 0 Å². The van der Waals surface area contributed by atoms with Gasteiger partial charge in [0.1, 0.15) is 0 Å². The Morgan fingerprint density at radius 2 is 2.11 bits per heavy atom. The summed E-state index contributed by atoms with van der Waals surface area (Å²) >= 11 is 0. The zero-order valence-electron chi connectivity index (χ0n) is 12.5. The highest BCUT2D eigenvalue weighted by molar-refractivity contribution is 5.14. The standard InChI is InChI=1S/C15H27N3O/c1-4-16-14(13-9-12-17-18(13)3)15(19-5-2)10-7-6-8-11-15/h9,12,14,16H,4-8,10-11H2,1-3H3. The molecule has 1 aliphatic carbocycles. The van der Waals surface area contributed by atoms with Crippen LogP contribution in [0.3, 0.4) is 0 Å². The number of aromatic nitrogens is 2. The summed E-state index contributed by atoms with van der Waals surface area (Å²) in [6.07, 6.45) is 8.02. The first kappa shape index (κ1) is 14.5. The molecule has 4 nitrogen and oxygen atoms in total. The molecule has 2 rings (SSSR count). The van der Waals surface area contributed by atoms with Crippen LogP contribution in [0.25, 0.3) is 0 Å². The molecule has 1 aliphatic rings. The number of nitrogens with zero attached hydrogens (tertiary/aromatic N) is 2. The van der Waals surface area contributed by atoms with Crippen molar-refractivity contribution in [3.63, 3.8) is 0 Å². The van der Waals surface area contributed by atoms with Crippen LogP contribution in [0.4, 0.5) is 0 Å². The van der Waals surface area contributed by atoms with Crippen LogP contribution in [0.15, 0.2) is 12.3 Å². The fourth-order valence-electron chi connectivity index (χ4n) is 3.39. The Bertz CT molecular complexity index is 377. The molecule has 1 aromatic rings. The largest absolute Gasteiger partial charge is 0.373 e. The van der Waals surface area contributed by atoms with Crippen LogP contribution < -0.4 is 5.32 Å². The molecule has 108 valence electrons. The third-order valence-corrected chi connectivity index (χ3v) is 4.22. The molecule has 0 aromatic carbocycles. The molecule has 0 spiro atoms. The molecular formula is C15H27N3O. The Balaban J connectivity index is 2.31. The molecule has 1 N–H and O–H groups in total. The Hall–Kier alpha value is -0.870. The Morgan fingerprint density at radius 3 is 2.63 bits per heavy atom. The van der Waals surface area contributed by atoms with Crippen LogP contribution in [0, 0.1) is 0 Å². The van der Waals surface area contributed by atoms with E-state index < -0.39 is 0 Å². The first-order valence-corrected chi connectivity index (χ1v) is 7.58. The highest BCUT2D eigenvalue weighted by Crippen LogP contribution is 2.41. The van der Waals surface area contributed by atoms with Gasteiger partial charge in [0.2, 0.25) is 0 Å². The SMILES string of the molecule is CCNC(c1ccnn1C)C1(OCC)CCCCC1. The Morgan fingerprint density at radius 1 is 1.37 bits per heavy atom. The normalized spacial score (nSPS) is 20.4. The monoisotopic (exact) mass is 265 g/mol. The molecule has 1 aromatic heterocycles. The third-order valence-electron chi connectivity index (χ3n) is 4.22. The molecule has 0 saturated heterocycles. The number of rotatable bonds is 6. The number of aryl methyl sites for hydroxylation is 1. The minimum Gasteiger partial charge on any atom is -0.373 e. The van der Waals surface area contributed by atoms with Crippen molar-refractivity contribution in [1.82, 2.24) is 15.1 Å². The number of nitrogens with one attached hydrogen (secondary N) is 1. The molecule has 1 saturated carbocycles. The second kappa shape index (κ2) is 6.53. The van der Waals surface area contributed by atoms with Crippen molar-refractivity contribution in [2.45, 2.75) is 57.6 Å². The van der Waals surface area contributed by atoms with Crippen LogP contribution in [-0.4, -0.2) is 28.5 Å². The lowest BCUT2D eigenvalue weighted by Crippen LogP contribution is -2.48. The number of ether oxygens (including phenoxy) is 1. The minimum absolute atomic E-state index is 0.0587. The van der Waals surface area contributed by atoms with E-state index in [4.69, 9.17) is 4.74 Å². The second-order valence-corrected chi connectivity index (χ2v) is 5.43. The van der Waals surface area contributed by atoms with Gasteiger partial charge in [0.05, 0.1) is 17.3 Å². The lowest BCUT2D eigenvalue weighted by molar-refractivity contribution is -0.0925. The highest BCUT2D eigenvalue weighted by Gasteiger charge is 2.42. The zero-order valence-corrected chi connectivity index (χ0v) is 12.5. The lowest BCUT2D eigenvalue weighted by Gasteiger charge is -2.43. The summed E-state index contributed by atoms with van der Waals surface area (Å²) in [5.41, 5.74) is 1.17. The molecule has 0 amide bonds.